The van der Waals surface area contributed by atoms with Gasteiger partial charge < -0.3 is 24.4 Å². The highest BCUT2D eigenvalue weighted by Gasteiger charge is 2.25. The quantitative estimate of drug-likeness (QED) is 0.228. The van der Waals surface area contributed by atoms with Crippen LogP contribution in [-0.2, 0) is 14.2 Å². The Morgan fingerprint density at radius 1 is 0.656 bits per heavy atom. The number of hydrogen-bond donors (Lipinski definition) is 2. The third kappa shape index (κ3) is 11.9. The molecular formula is C25H44O7. The van der Waals surface area contributed by atoms with E-state index >= 15 is 0 Å². The molecule has 0 bridgehead atoms. The highest BCUT2D eigenvalue weighted by atomic mass is 16.7. The van der Waals surface area contributed by atoms with Crippen LogP contribution < -0.4 is 0 Å². The summed E-state index contributed by atoms with van der Waals surface area (Å²) >= 11 is 0. The summed E-state index contributed by atoms with van der Waals surface area (Å²) in [5.74, 6) is 1.41. The second-order valence-corrected chi connectivity index (χ2v) is 9.66. The van der Waals surface area contributed by atoms with Gasteiger partial charge in [0.15, 0.2) is 0 Å². The van der Waals surface area contributed by atoms with Crippen LogP contribution in [0.5, 0.6) is 0 Å². The fraction of sp³-hybridized carbons (Fsp3) is 0.920. The third-order valence-corrected chi connectivity index (χ3v) is 7.12. The summed E-state index contributed by atoms with van der Waals surface area (Å²) in [6, 6.07) is 0. The highest BCUT2D eigenvalue weighted by Crippen LogP contribution is 2.31. The number of rotatable bonds is 14. The van der Waals surface area contributed by atoms with Crippen molar-refractivity contribution in [1.82, 2.24) is 0 Å². The topological polar surface area (TPSA) is 102 Å². The molecule has 7 nitrogen and oxygen atoms in total. The number of ether oxygens (including phenoxy) is 3. The molecule has 2 fully saturated rings. The van der Waals surface area contributed by atoms with E-state index in [2.05, 4.69) is 0 Å². The maximum Gasteiger partial charge on any atom is 0.508 e. The Kier molecular flexibility index (Phi) is 13.5. The summed E-state index contributed by atoms with van der Waals surface area (Å²) in [5, 5.41) is 17.5. The van der Waals surface area contributed by atoms with Crippen molar-refractivity contribution in [3.63, 3.8) is 0 Å². The molecule has 7 heteroatoms. The lowest BCUT2D eigenvalue weighted by molar-refractivity contribution is 0.00448. The Balaban J connectivity index is 1.40. The molecule has 0 radical (unpaired) electrons. The van der Waals surface area contributed by atoms with Crippen LogP contribution in [0.1, 0.15) is 109 Å². The maximum absolute atomic E-state index is 11.9. The van der Waals surface area contributed by atoms with E-state index in [0.717, 1.165) is 95.8 Å². The van der Waals surface area contributed by atoms with Gasteiger partial charge in [-0.05, 0) is 76.0 Å². The van der Waals surface area contributed by atoms with Gasteiger partial charge >= 0.3 is 12.3 Å². The molecule has 0 aromatic carbocycles. The molecule has 0 amide bonds. The monoisotopic (exact) mass is 456 g/mol. The van der Waals surface area contributed by atoms with E-state index in [1.807, 2.05) is 0 Å². The Bertz CT molecular complexity index is 508. The zero-order valence-corrected chi connectivity index (χ0v) is 19.7. The van der Waals surface area contributed by atoms with Gasteiger partial charge in [-0.2, -0.15) is 0 Å². The molecule has 0 saturated heterocycles. The largest absolute Gasteiger partial charge is 0.508 e. The van der Waals surface area contributed by atoms with Crippen molar-refractivity contribution in [3.05, 3.63) is 0 Å². The lowest BCUT2D eigenvalue weighted by atomic mass is 9.84. The van der Waals surface area contributed by atoms with Gasteiger partial charge in [0.1, 0.15) is 12.2 Å². The molecule has 2 aliphatic carbocycles. The van der Waals surface area contributed by atoms with Crippen molar-refractivity contribution in [2.24, 2.45) is 11.8 Å². The van der Waals surface area contributed by atoms with Gasteiger partial charge in [0.05, 0.1) is 6.61 Å². The lowest BCUT2D eigenvalue weighted by Gasteiger charge is -2.28. The van der Waals surface area contributed by atoms with Crippen molar-refractivity contribution >= 4 is 12.3 Å². The molecule has 2 saturated carbocycles. The number of aliphatic hydroxyl groups is 1. The van der Waals surface area contributed by atoms with Crippen LogP contribution in [0.2, 0.25) is 0 Å². The van der Waals surface area contributed by atoms with Crippen LogP contribution in [0.3, 0.4) is 0 Å². The molecule has 0 atom stereocenters. The van der Waals surface area contributed by atoms with E-state index < -0.39 is 12.3 Å². The van der Waals surface area contributed by atoms with E-state index in [1.165, 1.54) is 19.3 Å². The Hall–Kier alpha value is -1.50. The van der Waals surface area contributed by atoms with Crippen LogP contribution in [0, 0.1) is 11.8 Å². The average molecular weight is 457 g/mol. The molecule has 0 aliphatic heterocycles. The normalized spacial score (nSPS) is 25.8. The number of carboxylic acid groups (broad SMARTS) is 1. The first-order valence-electron chi connectivity index (χ1n) is 12.9. The molecule has 0 unspecified atom stereocenters. The third-order valence-electron chi connectivity index (χ3n) is 7.12. The van der Waals surface area contributed by atoms with Crippen molar-refractivity contribution in [1.29, 1.82) is 0 Å². The fourth-order valence-electron chi connectivity index (χ4n) is 5.16. The molecular weight excluding hydrogens is 412 g/mol. The first kappa shape index (κ1) is 26.7. The van der Waals surface area contributed by atoms with Gasteiger partial charge in [0, 0.05) is 6.61 Å². The van der Waals surface area contributed by atoms with Gasteiger partial charge in [0.2, 0.25) is 0 Å². The molecule has 0 aromatic heterocycles. The van der Waals surface area contributed by atoms with Crippen molar-refractivity contribution in [3.8, 4) is 0 Å². The van der Waals surface area contributed by atoms with Crippen molar-refractivity contribution in [2.45, 2.75) is 121 Å². The molecule has 0 aromatic rings. The van der Waals surface area contributed by atoms with E-state index in [9.17, 15) is 9.59 Å². The summed E-state index contributed by atoms with van der Waals surface area (Å²) in [7, 11) is 0. The fourth-order valence-corrected chi connectivity index (χ4v) is 5.16. The first-order chi connectivity index (χ1) is 15.6. The number of carbonyl (C=O) groups excluding carboxylic acids is 1. The van der Waals surface area contributed by atoms with Crippen molar-refractivity contribution in [2.75, 3.05) is 13.2 Å². The lowest BCUT2D eigenvalue weighted by Crippen LogP contribution is -2.25. The van der Waals surface area contributed by atoms with E-state index in [-0.39, 0.29) is 12.2 Å². The summed E-state index contributed by atoms with van der Waals surface area (Å²) in [5.41, 5.74) is 0. The van der Waals surface area contributed by atoms with Gasteiger partial charge in [-0.1, -0.05) is 44.9 Å². The van der Waals surface area contributed by atoms with Gasteiger partial charge in [0.25, 0.3) is 0 Å². The van der Waals surface area contributed by atoms with Gasteiger partial charge in [-0.25, -0.2) is 9.59 Å². The van der Waals surface area contributed by atoms with Gasteiger partial charge in [-0.15, -0.1) is 0 Å². The Morgan fingerprint density at radius 3 is 1.69 bits per heavy atom. The van der Waals surface area contributed by atoms with E-state index in [4.69, 9.17) is 24.4 Å². The molecule has 0 spiro atoms. The minimum atomic E-state index is -1.17. The van der Waals surface area contributed by atoms with E-state index in [1.54, 1.807) is 0 Å². The minimum absolute atomic E-state index is 0.00775. The first-order valence-corrected chi connectivity index (χ1v) is 12.9. The summed E-state index contributed by atoms with van der Waals surface area (Å²) in [4.78, 5) is 22.5. The second kappa shape index (κ2) is 16.2. The Morgan fingerprint density at radius 2 is 1.16 bits per heavy atom. The molecule has 2 rings (SSSR count). The van der Waals surface area contributed by atoms with Gasteiger partial charge in [-0.3, -0.25) is 0 Å². The summed E-state index contributed by atoms with van der Waals surface area (Å²) < 4.78 is 15.6. The zero-order chi connectivity index (χ0) is 23.0. The van der Waals surface area contributed by atoms with Crippen LogP contribution in [0.4, 0.5) is 9.59 Å². The van der Waals surface area contributed by atoms with Crippen LogP contribution in [0.15, 0.2) is 0 Å². The summed E-state index contributed by atoms with van der Waals surface area (Å²) in [6.07, 6.45) is 15.9. The second-order valence-electron chi connectivity index (χ2n) is 9.66. The molecule has 0 heterocycles. The van der Waals surface area contributed by atoms with Crippen LogP contribution in [0.25, 0.3) is 0 Å². The van der Waals surface area contributed by atoms with Crippen LogP contribution >= 0.6 is 0 Å². The standard InChI is InChI=1S/C25H44O7/c26-18-6-2-1-4-8-20-12-16-23(17-13-20)32-25(29)30-19-7-3-5-9-21-10-14-22(15-11-21)31-24(27)28/h20-23,26H,1-19H2,(H,27,28)/t20-,21-,22-,23-. The molecule has 2 aliphatic rings. The summed E-state index contributed by atoms with van der Waals surface area (Å²) in [6.45, 7) is 0.717. The van der Waals surface area contributed by atoms with Crippen molar-refractivity contribution < 1.29 is 34.0 Å². The minimum Gasteiger partial charge on any atom is -0.450 e. The zero-order valence-electron chi connectivity index (χ0n) is 19.7. The van der Waals surface area contributed by atoms with E-state index in [0.29, 0.717) is 19.1 Å². The predicted octanol–water partition coefficient (Wildman–Crippen LogP) is 6.46. The number of carbonyl (C=O) groups is 2. The average Bonchev–Trinajstić information content (AvgIpc) is 2.78. The molecule has 32 heavy (non-hydrogen) atoms. The highest BCUT2D eigenvalue weighted by molar-refractivity contribution is 5.60. The number of hydrogen-bond acceptors (Lipinski definition) is 6. The molecule has 2 N–H and O–H groups in total. The van der Waals surface area contributed by atoms with Crippen LogP contribution in [-0.4, -0.2) is 47.9 Å². The predicted molar refractivity (Wildman–Crippen MR) is 122 cm³/mol. The molecule has 186 valence electrons. The smallest absolute Gasteiger partial charge is 0.450 e. The SMILES string of the molecule is O=C(O)O[C@H]1CC[C@H](CCCCCOC(=O)O[C@H]2CC[C@H](CCCCCCO)CC2)CC1. The number of aliphatic hydroxyl groups excluding tert-OH is 1. The Labute approximate surface area is 193 Å². The maximum atomic E-state index is 11.9. The number of unbranched alkanes of at least 4 members (excludes halogenated alkanes) is 5.